The van der Waals surface area contributed by atoms with Gasteiger partial charge >= 0.3 is 0 Å². The normalized spacial score (nSPS) is 13.0. The molecule has 0 saturated carbocycles. The number of aryl methyl sites for hydroxylation is 2. The summed E-state index contributed by atoms with van der Waals surface area (Å²) in [5.74, 6) is 0.723. The van der Waals surface area contributed by atoms with E-state index in [9.17, 15) is 4.79 Å². The minimum absolute atomic E-state index is 0.519. The Bertz CT molecular complexity index is 672. The van der Waals surface area contributed by atoms with E-state index in [1.807, 2.05) is 0 Å². The van der Waals surface area contributed by atoms with E-state index in [4.69, 9.17) is 4.74 Å². The molecule has 0 atom stereocenters. The highest BCUT2D eigenvalue weighted by atomic mass is 79.9. The van der Waals surface area contributed by atoms with E-state index in [0.717, 1.165) is 21.0 Å². The Morgan fingerprint density at radius 1 is 1.05 bits per heavy atom. The third-order valence-corrected chi connectivity index (χ3v) is 4.88. The van der Waals surface area contributed by atoms with Crippen LogP contribution in [0.2, 0.25) is 0 Å². The molecule has 2 aromatic carbocycles. The van der Waals surface area contributed by atoms with Gasteiger partial charge in [0.15, 0.2) is 0 Å². The molecule has 2 aromatic rings. The van der Waals surface area contributed by atoms with Gasteiger partial charge in [0.2, 0.25) is 0 Å². The minimum atomic E-state index is 0.519. The molecular weight excluding hydrogens is 396 g/mol. The van der Waals surface area contributed by atoms with E-state index in [2.05, 4.69) is 50.1 Å². The van der Waals surface area contributed by atoms with Crippen LogP contribution in [0.5, 0.6) is 5.75 Å². The molecule has 0 unspecified atom stereocenters. The Hall–Kier alpha value is -1.13. The Kier molecular flexibility index (Phi) is 4.45. The largest absolute Gasteiger partial charge is 0.487 e. The zero-order valence-electron chi connectivity index (χ0n) is 11.4. The maximum Gasteiger partial charge on any atom is 0.150 e. The molecule has 0 fully saturated rings. The van der Waals surface area contributed by atoms with Gasteiger partial charge in [0.25, 0.3) is 0 Å². The first kappa shape index (κ1) is 14.8. The molecule has 0 N–H and O–H groups in total. The maximum absolute atomic E-state index is 10.8. The van der Waals surface area contributed by atoms with Gasteiger partial charge in [-0.2, -0.15) is 0 Å². The SMILES string of the molecule is O=Cc1cc(Br)c(OCc2ccc3c(c2)CCC3)c(Br)c1. The van der Waals surface area contributed by atoms with Gasteiger partial charge in [-0.05, 0) is 79.9 Å². The fourth-order valence-electron chi connectivity index (χ4n) is 2.66. The van der Waals surface area contributed by atoms with E-state index in [-0.39, 0.29) is 0 Å². The Balaban J connectivity index is 1.77. The van der Waals surface area contributed by atoms with Crippen molar-refractivity contribution in [3.05, 3.63) is 61.5 Å². The summed E-state index contributed by atoms with van der Waals surface area (Å²) in [5.41, 5.74) is 4.70. The zero-order valence-corrected chi connectivity index (χ0v) is 14.5. The Morgan fingerprint density at radius 3 is 2.48 bits per heavy atom. The van der Waals surface area contributed by atoms with Crippen molar-refractivity contribution in [1.29, 1.82) is 0 Å². The molecule has 0 spiro atoms. The van der Waals surface area contributed by atoms with Crippen molar-refractivity contribution in [3.63, 3.8) is 0 Å². The summed E-state index contributed by atoms with van der Waals surface area (Å²) in [4.78, 5) is 10.8. The number of carbonyl (C=O) groups is 1. The fourth-order valence-corrected chi connectivity index (χ4v) is 4.11. The molecule has 0 bridgehead atoms. The van der Waals surface area contributed by atoms with Crippen LogP contribution in [0.3, 0.4) is 0 Å². The summed E-state index contributed by atoms with van der Waals surface area (Å²) in [6.45, 7) is 0.519. The Labute approximate surface area is 140 Å². The molecule has 4 heteroatoms. The van der Waals surface area contributed by atoms with Crippen LogP contribution in [0.1, 0.15) is 33.5 Å². The third-order valence-electron chi connectivity index (χ3n) is 3.70. The predicted molar refractivity (Wildman–Crippen MR) is 90.0 cm³/mol. The van der Waals surface area contributed by atoms with Gasteiger partial charge in [-0.25, -0.2) is 0 Å². The quantitative estimate of drug-likeness (QED) is 0.657. The average molecular weight is 410 g/mol. The summed E-state index contributed by atoms with van der Waals surface area (Å²) in [6.07, 6.45) is 4.44. The highest BCUT2D eigenvalue weighted by molar-refractivity contribution is 9.11. The third kappa shape index (κ3) is 3.22. The van der Waals surface area contributed by atoms with Crippen molar-refractivity contribution in [2.24, 2.45) is 0 Å². The van der Waals surface area contributed by atoms with Gasteiger partial charge in [0.05, 0.1) is 8.95 Å². The molecule has 0 saturated heterocycles. The molecule has 21 heavy (non-hydrogen) atoms. The molecule has 0 aromatic heterocycles. The van der Waals surface area contributed by atoms with E-state index >= 15 is 0 Å². The fraction of sp³-hybridized carbons (Fsp3) is 0.235. The molecule has 1 aliphatic carbocycles. The molecule has 0 amide bonds. The lowest BCUT2D eigenvalue weighted by Crippen LogP contribution is -1.99. The number of hydrogen-bond donors (Lipinski definition) is 0. The molecule has 3 rings (SSSR count). The van der Waals surface area contributed by atoms with Gasteiger partial charge in [-0.3, -0.25) is 4.79 Å². The smallest absolute Gasteiger partial charge is 0.150 e. The van der Waals surface area contributed by atoms with Gasteiger partial charge in [0.1, 0.15) is 18.6 Å². The van der Waals surface area contributed by atoms with Crippen molar-refractivity contribution >= 4 is 38.1 Å². The number of aldehydes is 1. The number of rotatable bonds is 4. The second kappa shape index (κ2) is 6.32. The first-order valence-electron chi connectivity index (χ1n) is 6.85. The lowest BCUT2D eigenvalue weighted by Gasteiger charge is -2.12. The maximum atomic E-state index is 10.8. The first-order valence-corrected chi connectivity index (χ1v) is 8.43. The second-order valence-electron chi connectivity index (χ2n) is 5.18. The van der Waals surface area contributed by atoms with Gasteiger partial charge < -0.3 is 4.74 Å². The molecule has 108 valence electrons. The van der Waals surface area contributed by atoms with Crippen LogP contribution in [0, 0.1) is 0 Å². The minimum Gasteiger partial charge on any atom is -0.487 e. The first-order chi connectivity index (χ1) is 10.2. The monoisotopic (exact) mass is 408 g/mol. The number of benzene rings is 2. The van der Waals surface area contributed by atoms with Crippen LogP contribution in [0.15, 0.2) is 39.3 Å². The van der Waals surface area contributed by atoms with Crippen molar-refractivity contribution in [2.45, 2.75) is 25.9 Å². The average Bonchev–Trinajstić information content (AvgIpc) is 2.93. The summed E-state index contributed by atoms with van der Waals surface area (Å²) in [5, 5.41) is 0. The van der Waals surface area contributed by atoms with Gasteiger partial charge in [-0.15, -0.1) is 0 Å². The van der Waals surface area contributed by atoms with E-state index < -0.39 is 0 Å². The van der Waals surface area contributed by atoms with Crippen LogP contribution in [-0.2, 0) is 19.4 Å². The summed E-state index contributed by atoms with van der Waals surface area (Å²) < 4.78 is 7.46. The van der Waals surface area contributed by atoms with Crippen molar-refractivity contribution in [1.82, 2.24) is 0 Å². The van der Waals surface area contributed by atoms with Gasteiger partial charge in [0, 0.05) is 5.56 Å². The predicted octanol–water partition coefficient (Wildman–Crippen LogP) is 5.09. The Morgan fingerprint density at radius 2 is 1.76 bits per heavy atom. The standard InChI is InChI=1S/C17H14Br2O2/c18-15-7-12(9-20)8-16(19)17(15)21-10-11-4-5-13-2-1-3-14(13)6-11/h4-9H,1-3,10H2. The van der Waals surface area contributed by atoms with Crippen LogP contribution in [0.4, 0.5) is 0 Å². The van der Waals surface area contributed by atoms with Crippen LogP contribution < -0.4 is 4.74 Å². The van der Waals surface area contributed by atoms with Crippen LogP contribution in [0.25, 0.3) is 0 Å². The van der Waals surface area contributed by atoms with E-state index in [0.29, 0.717) is 12.2 Å². The zero-order chi connectivity index (χ0) is 14.8. The lowest BCUT2D eigenvalue weighted by molar-refractivity contribution is 0.112. The van der Waals surface area contributed by atoms with E-state index in [1.165, 1.54) is 36.0 Å². The highest BCUT2D eigenvalue weighted by Gasteiger charge is 2.12. The number of fused-ring (bicyclic) bond motifs is 1. The van der Waals surface area contributed by atoms with Crippen LogP contribution >= 0.6 is 31.9 Å². The van der Waals surface area contributed by atoms with Crippen molar-refractivity contribution < 1.29 is 9.53 Å². The number of hydrogen-bond acceptors (Lipinski definition) is 2. The number of halogens is 2. The number of carbonyl (C=O) groups excluding carboxylic acids is 1. The van der Waals surface area contributed by atoms with Crippen LogP contribution in [-0.4, -0.2) is 6.29 Å². The second-order valence-corrected chi connectivity index (χ2v) is 6.89. The molecule has 0 heterocycles. The molecule has 0 radical (unpaired) electrons. The summed E-state index contributed by atoms with van der Waals surface area (Å²) in [6, 6.07) is 10.1. The molecule has 1 aliphatic rings. The van der Waals surface area contributed by atoms with Crippen molar-refractivity contribution in [2.75, 3.05) is 0 Å². The van der Waals surface area contributed by atoms with E-state index in [1.54, 1.807) is 12.1 Å². The lowest BCUT2D eigenvalue weighted by atomic mass is 10.1. The molecule has 0 aliphatic heterocycles. The number of ether oxygens (including phenoxy) is 1. The molecular formula is C17H14Br2O2. The topological polar surface area (TPSA) is 26.3 Å². The highest BCUT2D eigenvalue weighted by Crippen LogP contribution is 2.35. The van der Waals surface area contributed by atoms with Crippen molar-refractivity contribution in [3.8, 4) is 5.75 Å². The molecule has 2 nitrogen and oxygen atoms in total. The van der Waals surface area contributed by atoms with Gasteiger partial charge in [-0.1, -0.05) is 18.2 Å². The summed E-state index contributed by atoms with van der Waals surface area (Å²) >= 11 is 6.90. The summed E-state index contributed by atoms with van der Waals surface area (Å²) in [7, 11) is 0.